The molecule has 2 atom stereocenters. The van der Waals surface area contributed by atoms with E-state index in [4.69, 9.17) is 9.47 Å². The smallest absolute Gasteiger partial charge is 0.336 e. The Hall–Kier alpha value is -1.39. The molecule has 0 bridgehead atoms. The minimum atomic E-state index is -0.470. The van der Waals surface area contributed by atoms with Crippen LogP contribution in [0.15, 0.2) is 30.3 Å². The molecule has 0 amide bonds. The zero-order valence-electron chi connectivity index (χ0n) is 10.8. The van der Waals surface area contributed by atoms with Crippen molar-refractivity contribution >= 4 is 5.97 Å². The number of esters is 1. The summed E-state index contributed by atoms with van der Waals surface area (Å²) in [5.74, 6) is -0.292. The van der Waals surface area contributed by atoms with Crippen molar-refractivity contribution in [2.24, 2.45) is 0 Å². The molecule has 0 N–H and O–H groups in total. The average molecular weight is 249 g/mol. The van der Waals surface area contributed by atoms with Crippen LogP contribution in [0.25, 0.3) is 0 Å². The molecule has 0 aromatic heterocycles. The summed E-state index contributed by atoms with van der Waals surface area (Å²) in [6, 6.07) is 10.2. The van der Waals surface area contributed by atoms with Crippen molar-refractivity contribution in [1.29, 1.82) is 0 Å². The molecule has 1 aromatic carbocycles. The van der Waals surface area contributed by atoms with Gasteiger partial charge in [-0.15, -0.1) is 0 Å². The maximum absolute atomic E-state index is 11.5. The largest absolute Gasteiger partial charge is 0.467 e. The van der Waals surface area contributed by atoms with Crippen molar-refractivity contribution in [2.75, 3.05) is 20.2 Å². The van der Waals surface area contributed by atoms with E-state index in [9.17, 15) is 4.79 Å². The van der Waals surface area contributed by atoms with E-state index in [1.54, 1.807) is 0 Å². The second-order valence-corrected chi connectivity index (χ2v) is 4.64. The van der Waals surface area contributed by atoms with Gasteiger partial charge in [0.1, 0.15) is 0 Å². The summed E-state index contributed by atoms with van der Waals surface area (Å²) in [7, 11) is 1.40. The van der Waals surface area contributed by atoms with Gasteiger partial charge in [-0.25, -0.2) is 4.79 Å². The number of carbonyl (C=O) groups is 1. The fourth-order valence-electron chi connectivity index (χ4n) is 2.27. The lowest BCUT2D eigenvalue weighted by Gasteiger charge is -2.35. The van der Waals surface area contributed by atoms with Crippen LogP contribution in [0.3, 0.4) is 0 Å². The zero-order valence-corrected chi connectivity index (χ0v) is 10.8. The Morgan fingerprint density at radius 1 is 1.39 bits per heavy atom. The van der Waals surface area contributed by atoms with Gasteiger partial charge in [0.2, 0.25) is 0 Å². The molecular formula is C14H19NO3. The molecule has 0 spiro atoms. The standard InChI is InChI=1S/C14H19NO3/c1-11-8-15(9-12-6-4-3-5-7-12)10-13(18-11)14(16)17-2/h3-7,11,13H,8-10H2,1-2H3/t11-,13-/m0/s1. The summed E-state index contributed by atoms with van der Waals surface area (Å²) >= 11 is 0. The van der Waals surface area contributed by atoms with Gasteiger partial charge in [0.25, 0.3) is 0 Å². The third-order valence-corrected chi connectivity index (χ3v) is 3.05. The second kappa shape index (κ2) is 5.98. The molecule has 1 aliphatic rings. The lowest BCUT2D eigenvalue weighted by atomic mass is 10.1. The first kappa shape index (κ1) is 13.1. The lowest BCUT2D eigenvalue weighted by molar-refractivity contribution is -0.166. The first-order valence-electron chi connectivity index (χ1n) is 6.18. The van der Waals surface area contributed by atoms with E-state index >= 15 is 0 Å². The molecular weight excluding hydrogens is 230 g/mol. The normalized spacial score (nSPS) is 24.8. The van der Waals surface area contributed by atoms with Gasteiger partial charge in [-0.1, -0.05) is 30.3 Å². The summed E-state index contributed by atoms with van der Waals surface area (Å²) in [6.07, 6.45) is -0.422. The van der Waals surface area contributed by atoms with Crippen LogP contribution >= 0.6 is 0 Å². The highest BCUT2D eigenvalue weighted by atomic mass is 16.6. The lowest BCUT2D eigenvalue weighted by Crippen LogP contribution is -2.49. The van der Waals surface area contributed by atoms with E-state index < -0.39 is 6.10 Å². The van der Waals surface area contributed by atoms with Crippen LogP contribution in [-0.2, 0) is 20.8 Å². The highest BCUT2D eigenvalue weighted by molar-refractivity contribution is 5.74. The van der Waals surface area contributed by atoms with Gasteiger partial charge < -0.3 is 9.47 Å². The number of morpholine rings is 1. The molecule has 1 aromatic rings. The Morgan fingerprint density at radius 3 is 2.78 bits per heavy atom. The number of hydrogen-bond donors (Lipinski definition) is 0. The number of hydrogen-bond acceptors (Lipinski definition) is 4. The van der Waals surface area contributed by atoms with Gasteiger partial charge in [0.05, 0.1) is 13.2 Å². The van der Waals surface area contributed by atoms with E-state index in [0.717, 1.165) is 13.1 Å². The Balaban J connectivity index is 1.98. The molecule has 2 rings (SSSR count). The molecule has 98 valence electrons. The second-order valence-electron chi connectivity index (χ2n) is 4.64. The SMILES string of the molecule is COC(=O)[C@@H]1CN(Cc2ccccc2)C[C@H](C)O1. The molecule has 0 unspecified atom stereocenters. The topological polar surface area (TPSA) is 38.8 Å². The van der Waals surface area contributed by atoms with E-state index in [2.05, 4.69) is 17.0 Å². The number of rotatable bonds is 3. The zero-order chi connectivity index (χ0) is 13.0. The van der Waals surface area contributed by atoms with Crippen LogP contribution in [0.5, 0.6) is 0 Å². The fraction of sp³-hybridized carbons (Fsp3) is 0.500. The van der Waals surface area contributed by atoms with Gasteiger partial charge in [0.15, 0.2) is 6.10 Å². The Labute approximate surface area is 107 Å². The van der Waals surface area contributed by atoms with E-state index in [0.29, 0.717) is 6.54 Å². The minimum Gasteiger partial charge on any atom is -0.467 e. The maximum Gasteiger partial charge on any atom is 0.336 e. The Morgan fingerprint density at radius 2 is 2.11 bits per heavy atom. The molecule has 4 heteroatoms. The van der Waals surface area contributed by atoms with E-state index in [-0.39, 0.29) is 12.1 Å². The number of benzene rings is 1. The number of carbonyl (C=O) groups excluding carboxylic acids is 1. The van der Waals surface area contributed by atoms with Crippen molar-refractivity contribution < 1.29 is 14.3 Å². The minimum absolute atomic E-state index is 0.0477. The van der Waals surface area contributed by atoms with Gasteiger partial charge in [0, 0.05) is 19.6 Å². The highest BCUT2D eigenvalue weighted by Gasteiger charge is 2.30. The molecule has 0 radical (unpaired) electrons. The number of methoxy groups -OCH3 is 1. The molecule has 4 nitrogen and oxygen atoms in total. The first-order chi connectivity index (χ1) is 8.69. The number of ether oxygens (including phenoxy) is 2. The Bertz CT molecular complexity index is 393. The molecule has 1 aliphatic heterocycles. The summed E-state index contributed by atoms with van der Waals surface area (Å²) in [5.41, 5.74) is 1.25. The third kappa shape index (κ3) is 3.31. The average Bonchev–Trinajstić information content (AvgIpc) is 2.38. The molecule has 18 heavy (non-hydrogen) atoms. The predicted molar refractivity (Wildman–Crippen MR) is 68.1 cm³/mol. The van der Waals surface area contributed by atoms with Crippen molar-refractivity contribution in [2.45, 2.75) is 25.7 Å². The predicted octanol–water partition coefficient (Wildman–Crippen LogP) is 1.45. The van der Waals surface area contributed by atoms with Crippen LogP contribution < -0.4 is 0 Å². The monoisotopic (exact) mass is 249 g/mol. The van der Waals surface area contributed by atoms with Crippen molar-refractivity contribution in [3.63, 3.8) is 0 Å². The van der Waals surface area contributed by atoms with Crippen molar-refractivity contribution in [3.05, 3.63) is 35.9 Å². The van der Waals surface area contributed by atoms with E-state index in [1.807, 2.05) is 25.1 Å². The van der Waals surface area contributed by atoms with Crippen molar-refractivity contribution in [3.8, 4) is 0 Å². The molecule has 0 aliphatic carbocycles. The molecule has 1 saturated heterocycles. The summed E-state index contributed by atoms with van der Waals surface area (Å²) in [4.78, 5) is 13.8. The quantitative estimate of drug-likeness (QED) is 0.760. The van der Waals surface area contributed by atoms with Crippen LogP contribution in [0, 0.1) is 0 Å². The van der Waals surface area contributed by atoms with Crippen LogP contribution in [-0.4, -0.2) is 43.3 Å². The van der Waals surface area contributed by atoms with Gasteiger partial charge in [-0.05, 0) is 12.5 Å². The summed E-state index contributed by atoms with van der Waals surface area (Å²) < 4.78 is 10.3. The van der Waals surface area contributed by atoms with Crippen molar-refractivity contribution in [1.82, 2.24) is 4.90 Å². The van der Waals surface area contributed by atoms with Gasteiger partial charge in [-0.3, -0.25) is 4.90 Å². The molecule has 1 heterocycles. The summed E-state index contributed by atoms with van der Waals surface area (Å²) in [5, 5.41) is 0. The van der Waals surface area contributed by atoms with Crippen LogP contribution in [0.1, 0.15) is 12.5 Å². The fourth-order valence-corrected chi connectivity index (χ4v) is 2.27. The molecule has 1 fully saturated rings. The van der Waals surface area contributed by atoms with Gasteiger partial charge >= 0.3 is 5.97 Å². The Kier molecular flexibility index (Phi) is 4.33. The highest BCUT2D eigenvalue weighted by Crippen LogP contribution is 2.15. The molecule has 0 saturated carbocycles. The third-order valence-electron chi connectivity index (χ3n) is 3.05. The number of nitrogens with zero attached hydrogens (tertiary/aromatic N) is 1. The first-order valence-corrected chi connectivity index (χ1v) is 6.18. The summed E-state index contributed by atoms with van der Waals surface area (Å²) in [6.45, 7) is 4.24. The van der Waals surface area contributed by atoms with Crippen LogP contribution in [0.4, 0.5) is 0 Å². The maximum atomic E-state index is 11.5. The van der Waals surface area contributed by atoms with Crippen LogP contribution in [0.2, 0.25) is 0 Å². The van der Waals surface area contributed by atoms with E-state index in [1.165, 1.54) is 12.7 Å². The van der Waals surface area contributed by atoms with Gasteiger partial charge in [-0.2, -0.15) is 0 Å².